The lowest BCUT2D eigenvalue weighted by Crippen LogP contribution is -2.14. The lowest BCUT2D eigenvalue weighted by molar-refractivity contribution is -0.116. The van der Waals surface area contributed by atoms with Crippen LogP contribution in [0.15, 0.2) is 42.7 Å². The quantitative estimate of drug-likeness (QED) is 0.772. The highest BCUT2D eigenvalue weighted by molar-refractivity contribution is 5.91. The highest BCUT2D eigenvalue weighted by Gasteiger charge is 2.13. The van der Waals surface area contributed by atoms with E-state index in [0.717, 1.165) is 22.6 Å². The first-order valence-electron chi connectivity index (χ1n) is 8.17. The van der Waals surface area contributed by atoms with Crippen molar-refractivity contribution in [3.05, 3.63) is 65.5 Å². The van der Waals surface area contributed by atoms with Gasteiger partial charge in [0.05, 0.1) is 11.4 Å². The van der Waals surface area contributed by atoms with E-state index in [1.165, 1.54) is 6.07 Å². The molecule has 1 aromatic carbocycles. The lowest BCUT2D eigenvalue weighted by atomic mass is 10.1. The molecule has 25 heavy (non-hydrogen) atoms. The van der Waals surface area contributed by atoms with Crippen LogP contribution in [0.25, 0.3) is 5.69 Å². The van der Waals surface area contributed by atoms with Gasteiger partial charge in [0.1, 0.15) is 5.82 Å². The number of nitrogens with zero attached hydrogens (tertiary/aromatic N) is 3. The minimum Gasteiger partial charge on any atom is -0.324 e. The second kappa shape index (κ2) is 6.93. The van der Waals surface area contributed by atoms with Crippen LogP contribution in [0, 0.1) is 19.7 Å². The van der Waals surface area contributed by atoms with Crippen molar-refractivity contribution in [2.45, 2.75) is 26.7 Å². The standard InChI is InChI=1S/C19H21FN4O/c1-13-16(14(2)23(3)22-13)7-9-19(25)21-18-12-15(6-8-17(18)20)24-10-4-5-11-24/h4-6,8,10-12H,7,9H2,1-3H3,(H,21,25). The van der Waals surface area contributed by atoms with Crippen molar-refractivity contribution in [2.75, 3.05) is 5.32 Å². The van der Waals surface area contributed by atoms with Gasteiger partial charge in [-0.25, -0.2) is 4.39 Å². The van der Waals surface area contributed by atoms with Gasteiger partial charge in [-0.05, 0) is 56.2 Å². The number of anilines is 1. The van der Waals surface area contributed by atoms with Crippen LogP contribution in [0.3, 0.4) is 0 Å². The van der Waals surface area contributed by atoms with E-state index in [-0.39, 0.29) is 18.0 Å². The van der Waals surface area contributed by atoms with Gasteiger partial charge >= 0.3 is 0 Å². The van der Waals surface area contributed by atoms with Crippen molar-refractivity contribution in [1.82, 2.24) is 14.3 Å². The van der Waals surface area contributed by atoms with Gasteiger partial charge in [0.2, 0.25) is 5.91 Å². The molecule has 6 heteroatoms. The largest absolute Gasteiger partial charge is 0.324 e. The number of rotatable bonds is 5. The molecule has 0 aliphatic carbocycles. The summed E-state index contributed by atoms with van der Waals surface area (Å²) in [4.78, 5) is 12.3. The molecule has 0 aliphatic heterocycles. The second-order valence-corrected chi connectivity index (χ2v) is 6.08. The maximum atomic E-state index is 14.0. The fraction of sp³-hybridized carbons (Fsp3) is 0.263. The summed E-state index contributed by atoms with van der Waals surface area (Å²) in [6.07, 6.45) is 4.59. The number of aromatic nitrogens is 3. The average Bonchev–Trinajstić information content (AvgIpc) is 3.18. The summed E-state index contributed by atoms with van der Waals surface area (Å²) in [5, 5.41) is 7.02. The maximum absolute atomic E-state index is 14.0. The van der Waals surface area contributed by atoms with Crippen molar-refractivity contribution in [3.63, 3.8) is 0 Å². The molecule has 5 nitrogen and oxygen atoms in total. The summed E-state index contributed by atoms with van der Waals surface area (Å²) in [6.45, 7) is 3.91. The molecule has 2 heterocycles. The molecule has 0 unspecified atom stereocenters. The first kappa shape index (κ1) is 17.0. The van der Waals surface area contributed by atoms with Crippen molar-refractivity contribution < 1.29 is 9.18 Å². The Labute approximate surface area is 146 Å². The molecule has 0 spiro atoms. The van der Waals surface area contributed by atoms with Gasteiger partial charge in [0.25, 0.3) is 0 Å². The van der Waals surface area contributed by atoms with Crippen LogP contribution in [0.5, 0.6) is 0 Å². The first-order valence-corrected chi connectivity index (χ1v) is 8.17. The van der Waals surface area contributed by atoms with E-state index in [0.29, 0.717) is 6.42 Å². The van der Waals surface area contributed by atoms with Gasteiger partial charge in [0.15, 0.2) is 0 Å². The molecule has 2 aromatic heterocycles. The molecule has 1 amide bonds. The van der Waals surface area contributed by atoms with Crippen LogP contribution < -0.4 is 5.32 Å². The van der Waals surface area contributed by atoms with Gasteiger partial charge in [-0.15, -0.1) is 0 Å². The van der Waals surface area contributed by atoms with E-state index in [1.807, 2.05) is 54.7 Å². The molecule has 0 saturated heterocycles. The summed E-state index contributed by atoms with van der Waals surface area (Å²) in [7, 11) is 1.88. The third-order valence-electron chi connectivity index (χ3n) is 4.39. The van der Waals surface area contributed by atoms with Crippen LogP contribution in [0.1, 0.15) is 23.4 Å². The van der Waals surface area contributed by atoms with E-state index in [2.05, 4.69) is 10.4 Å². The highest BCUT2D eigenvalue weighted by Crippen LogP contribution is 2.20. The molecule has 3 rings (SSSR count). The van der Waals surface area contributed by atoms with Crippen molar-refractivity contribution in [2.24, 2.45) is 7.05 Å². The number of halogens is 1. The van der Waals surface area contributed by atoms with Crippen LogP contribution >= 0.6 is 0 Å². The monoisotopic (exact) mass is 340 g/mol. The molecule has 1 N–H and O–H groups in total. The van der Waals surface area contributed by atoms with Crippen LogP contribution in [-0.2, 0) is 18.3 Å². The van der Waals surface area contributed by atoms with Gasteiger partial charge in [-0.3, -0.25) is 9.48 Å². The Hall–Kier alpha value is -2.89. The molecular weight excluding hydrogens is 319 g/mol. The Kier molecular flexibility index (Phi) is 4.70. The number of hydrogen-bond acceptors (Lipinski definition) is 2. The molecular formula is C19H21FN4O. The molecule has 0 bridgehead atoms. The fourth-order valence-corrected chi connectivity index (χ4v) is 2.91. The lowest BCUT2D eigenvalue weighted by Gasteiger charge is -2.10. The van der Waals surface area contributed by atoms with Crippen molar-refractivity contribution >= 4 is 11.6 Å². The second-order valence-electron chi connectivity index (χ2n) is 6.08. The number of carbonyl (C=O) groups excluding carboxylic acids is 1. The van der Waals surface area contributed by atoms with E-state index < -0.39 is 5.82 Å². The number of amides is 1. The topological polar surface area (TPSA) is 51.9 Å². The number of aryl methyl sites for hydroxylation is 2. The van der Waals surface area contributed by atoms with E-state index in [1.54, 1.807) is 12.1 Å². The number of nitrogens with one attached hydrogen (secondary N) is 1. The summed E-state index contributed by atoms with van der Waals surface area (Å²) in [5.74, 6) is -0.663. The van der Waals surface area contributed by atoms with Crippen molar-refractivity contribution in [3.8, 4) is 5.69 Å². The zero-order valence-corrected chi connectivity index (χ0v) is 14.6. The fourth-order valence-electron chi connectivity index (χ4n) is 2.91. The van der Waals surface area contributed by atoms with Gasteiger partial charge < -0.3 is 9.88 Å². The van der Waals surface area contributed by atoms with Gasteiger partial charge in [-0.1, -0.05) is 0 Å². The normalized spacial score (nSPS) is 10.9. The Morgan fingerprint density at radius 2 is 1.96 bits per heavy atom. The minimum absolute atomic E-state index is 0.191. The molecule has 130 valence electrons. The Balaban J connectivity index is 1.69. The van der Waals surface area contributed by atoms with E-state index in [9.17, 15) is 9.18 Å². The molecule has 0 saturated carbocycles. The van der Waals surface area contributed by atoms with Crippen LogP contribution in [0.4, 0.5) is 10.1 Å². The third-order valence-corrected chi connectivity index (χ3v) is 4.39. The van der Waals surface area contributed by atoms with Gasteiger partial charge in [-0.2, -0.15) is 5.10 Å². The van der Waals surface area contributed by atoms with Crippen LogP contribution in [0.2, 0.25) is 0 Å². The summed E-state index contributed by atoms with van der Waals surface area (Å²) >= 11 is 0. The number of hydrogen-bond donors (Lipinski definition) is 1. The molecule has 0 atom stereocenters. The Bertz CT molecular complexity index is 897. The first-order chi connectivity index (χ1) is 12.0. The smallest absolute Gasteiger partial charge is 0.224 e. The van der Waals surface area contributed by atoms with E-state index in [4.69, 9.17) is 0 Å². The van der Waals surface area contributed by atoms with Gasteiger partial charge in [0, 0.05) is 37.2 Å². The predicted octanol–water partition coefficient (Wildman–Crippen LogP) is 3.54. The minimum atomic E-state index is -0.446. The number of carbonyl (C=O) groups is 1. The molecule has 0 aliphatic rings. The molecule has 3 aromatic rings. The van der Waals surface area contributed by atoms with Crippen LogP contribution in [-0.4, -0.2) is 20.3 Å². The summed E-state index contributed by atoms with van der Waals surface area (Å²) < 4.78 is 17.7. The Morgan fingerprint density at radius 3 is 2.60 bits per heavy atom. The highest BCUT2D eigenvalue weighted by atomic mass is 19.1. The predicted molar refractivity (Wildman–Crippen MR) is 95.4 cm³/mol. The molecule has 0 fully saturated rings. The zero-order valence-electron chi connectivity index (χ0n) is 14.6. The third kappa shape index (κ3) is 3.63. The van der Waals surface area contributed by atoms with E-state index >= 15 is 0 Å². The maximum Gasteiger partial charge on any atom is 0.224 e. The molecule has 0 radical (unpaired) electrons. The zero-order chi connectivity index (χ0) is 18.0. The average molecular weight is 340 g/mol. The SMILES string of the molecule is Cc1nn(C)c(C)c1CCC(=O)Nc1cc(-n2cccc2)ccc1F. The number of benzene rings is 1. The van der Waals surface area contributed by atoms with Crippen molar-refractivity contribution in [1.29, 1.82) is 0 Å². The Morgan fingerprint density at radius 1 is 1.24 bits per heavy atom. The summed E-state index contributed by atoms with van der Waals surface area (Å²) in [5.41, 5.74) is 4.02. The summed E-state index contributed by atoms with van der Waals surface area (Å²) in [6, 6.07) is 8.45.